The minimum absolute atomic E-state index is 0.147. The van der Waals surface area contributed by atoms with Gasteiger partial charge in [-0.2, -0.15) is 0 Å². The van der Waals surface area contributed by atoms with Crippen molar-refractivity contribution in [3.05, 3.63) is 88.4 Å². The SMILES string of the molecule is COCCCN1CCOc2ccc(COC3CNCC(O)C3c3ccc(OCCOCc4ccccc4Cl)cc3)cc21. The number of methoxy groups -OCH3 is 1. The summed E-state index contributed by atoms with van der Waals surface area (Å²) in [7, 11) is 1.73. The molecule has 0 saturated carbocycles. The highest BCUT2D eigenvalue weighted by molar-refractivity contribution is 6.31. The molecule has 3 aromatic carbocycles. The standard InChI is InChI=1S/C33H41ClN2O6/c1-38-15-4-13-36-14-16-41-31-12-7-24(19-29(31)36)22-42-32-21-35-20-30(37)33(32)25-8-10-27(11-9-25)40-18-17-39-23-26-5-2-3-6-28(26)34/h2-3,5-12,19,30,32-33,35,37H,4,13-18,20-23H2,1H3. The Kier molecular flexibility index (Phi) is 11.3. The lowest BCUT2D eigenvalue weighted by Gasteiger charge is -2.36. The summed E-state index contributed by atoms with van der Waals surface area (Å²) in [6.07, 6.45) is 0.233. The van der Waals surface area contributed by atoms with Crippen molar-refractivity contribution in [1.82, 2.24) is 5.32 Å². The molecule has 42 heavy (non-hydrogen) atoms. The van der Waals surface area contributed by atoms with Gasteiger partial charge in [-0.25, -0.2) is 0 Å². The topological polar surface area (TPSA) is 81.7 Å². The Morgan fingerprint density at radius 3 is 2.69 bits per heavy atom. The Balaban J connectivity index is 1.14. The molecule has 226 valence electrons. The van der Waals surface area contributed by atoms with Crippen LogP contribution < -0.4 is 19.7 Å². The van der Waals surface area contributed by atoms with Crippen molar-refractivity contribution in [2.75, 3.05) is 64.6 Å². The van der Waals surface area contributed by atoms with E-state index in [1.165, 1.54) is 0 Å². The van der Waals surface area contributed by atoms with Crippen LogP contribution in [0.2, 0.25) is 5.02 Å². The van der Waals surface area contributed by atoms with E-state index in [1.54, 1.807) is 7.11 Å². The van der Waals surface area contributed by atoms with Crippen molar-refractivity contribution in [2.24, 2.45) is 0 Å². The third-order valence-corrected chi connectivity index (χ3v) is 8.08. The van der Waals surface area contributed by atoms with Gasteiger partial charge < -0.3 is 39.0 Å². The zero-order valence-corrected chi connectivity index (χ0v) is 24.9. The quantitative estimate of drug-likeness (QED) is 0.257. The van der Waals surface area contributed by atoms with Crippen LogP contribution in [0.4, 0.5) is 5.69 Å². The van der Waals surface area contributed by atoms with E-state index in [2.05, 4.69) is 22.3 Å². The first kappa shape index (κ1) is 30.6. The van der Waals surface area contributed by atoms with Crippen LogP contribution in [0.5, 0.6) is 11.5 Å². The van der Waals surface area contributed by atoms with E-state index >= 15 is 0 Å². The Morgan fingerprint density at radius 2 is 1.86 bits per heavy atom. The van der Waals surface area contributed by atoms with Gasteiger partial charge in [-0.05, 0) is 53.4 Å². The Bertz CT molecular complexity index is 1260. The lowest BCUT2D eigenvalue weighted by Crippen LogP contribution is -2.49. The molecule has 9 heteroatoms. The summed E-state index contributed by atoms with van der Waals surface area (Å²) in [5.41, 5.74) is 4.16. The predicted molar refractivity (Wildman–Crippen MR) is 164 cm³/mol. The molecular formula is C33H41ClN2O6. The Morgan fingerprint density at radius 1 is 1.00 bits per heavy atom. The Hall–Kier alpha value is -2.85. The monoisotopic (exact) mass is 596 g/mol. The van der Waals surface area contributed by atoms with Gasteiger partial charge in [0, 0.05) is 44.3 Å². The zero-order chi connectivity index (χ0) is 29.1. The van der Waals surface area contributed by atoms with Crippen molar-refractivity contribution >= 4 is 17.3 Å². The lowest BCUT2D eigenvalue weighted by atomic mass is 9.85. The van der Waals surface area contributed by atoms with Crippen LogP contribution in [-0.2, 0) is 27.4 Å². The van der Waals surface area contributed by atoms with E-state index in [-0.39, 0.29) is 12.0 Å². The van der Waals surface area contributed by atoms with Crippen molar-refractivity contribution in [2.45, 2.75) is 37.8 Å². The van der Waals surface area contributed by atoms with Gasteiger partial charge >= 0.3 is 0 Å². The highest BCUT2D eigenvalue weighted by Crippen LogP contribution is 2.34. The van der Waals surface area contributed by atoms with E-state index in [4.69, 9.17) is 35.3 Å². The number of benzene rings is 3. The minimum atomic E-state index is -0.554. The molecule has 0 aliphatic carbocycles. The van der Waals surface area contributed by atoms with Gasteiger partial charge in [-0.1, -0.05) is 48.0 Å². The van der Waals surface area contributed by atoms with E-state index in [0.717, 1.165) is 60.0 Å². The number of nitrogens with one attached hydrogen (secondary N) is 1. The van der Waals surface area contributed by atoms with Gasteiger partial charge in [-0.15, -0.1) is 0 Å². The van der Waals surface area contributed by atoms with Crippen molar-refractivity contribution in [3.8, 4) is 11.5 Å². The zero-order valence-electron chi connectivity index (χ0n) is 24.2. The summed E-state index contributed by atoms with van der Waals surface area (Å²) in [6, 6.07) is 21.8. The van der Waals surface area contributed by atoms with Crippen molar-refractivity contribution in [3.63, 3.8) is 0 Å². The molecule has 3 atom stereocenters. The second-order valence-electron chi connectivity index (χ2n) is 10.6. The van der Waals surface area contributed by atoms with E-state index in [1.807, 2.05) is 54.6 Å². The maximum absolute atomic E-state index is 10.9. The van der Waals surface area contributed by atoms with Gasteiger partial charge in [0.1, 0.15) is 24.7 Å². The molecule has 0 bridgehead atoms. The highest BCUT2D eigenvalue weighted by Gasteiger charge is 2.34. The van der Waals surface area contributed by atoms with Crippen LogP contribution in [0.25, 0.3) is 0 Å². The molecule has 0 spiro atoms. The van der Waals surface area contributed by atoms with E-state index in [9.17, 15) is 5.11 Å². The van der Waals surface area contributed by atoms with Gasteiger partial charge in [0.15, 0.2) is 0 Å². The number of rotatable bonds is 14. The summed E-state index contributed by atoms with van der Waals surface area (Å²) in [4.78, 5) is 2.35. The summed E-state index contributed by atoms with van der Waals surface area (Å²) >= 11 is 6.18. The molecule has 3 aromatic rings. The van der Waals surface area contributed by atoms with Gasteiger partial charge in [0.05, 0.1) is 44.3 Å². The molecule has 2 aliphatic heterocycles. The first-order valence-electron chi connectivity index (χ1n) is 14.7. The molecule has 5 rings (SSSR count). The molecule has 3 unspecified atom stereocenters. The van der Waals surface area contributed by atoms with Gasteiger partial charge in [0.25, 0.3) is 0 Å². The number of aliphatic hydroxyl groups excluding tert-OH is 1. The summed E-state index contributed by atoms with van der Waals surface area (Å²) in [5, 5.41) is 14.9. The number of ether oxygens (including phenoxy) is 5. The Labute approximate surface area is 253 Å². The fourth-order valence-corrected chi connectivity index (χ4v) is 5.71. The number of aliphatic hydroxyl groups is 1. The lowest BCUT2D eigenvalue weighted by molar-refractivity contribution is -0.0328. The molecule has 0 amide bonds. The number of hydrogen-bond donors (Lipinski definition) is 2. The van der Waals surface area contributed by atoms with Crippen LogP contribution in [-0.4, -0.2) is 77.0 Å². The van der Waals surface area contributed by atoms with Crippen LogP contribution in [0.15, 0.2) is 66.7 Å². The van der Waals surface area contributed by atoms with Crippen LogP contribution in [0.1, 0.15) is 29.0 Å². The van der Waals surface area contributed by atoms with Crippen molar-refractivity contribution in [1.29, 1.82) is 0 Å². The fourth-order valence-electron chi connectivity index (χ4n) is 5.52. The normalized spacial score (nSPS) is 20.2. The molecular weight excluding hydrogens is 556 g/mol. The van der Waals surface area contributed by atoms with Crippen LogP contribution >= 0.6 is 11.6 Å². The molecule has 1 fully saturated rings. The van der Waals surface area contributed by atoms with Crippen LogP contribution in [0, 0.1) is 0 Å². The molecule has 2 N–H and O–H groups in total. The van der Waals surface area contributed by atoms with E-state index < -0.39 is 6.10 Å². The maximum Gasteiger partial charge on any atom is 0.142 e. The number of nitrogens with zero attached hydrogens (tertiary/aromatic N) is 1. The first-order chi connectivity index (χ1) is 20.6. The molecule has 1 saturated heterocycles. The third-order valence-electron chi connectivity index (χ3n) is 7.71. The minimum Gasteiger partial charge on any atom is -0.491 e. The second kappa shape index (κ2) is 15.6. The number of hydrogen-bond acceptors (Lipinski definition) is 8. The molecule has 2 heterocycles. The van der Waals surface area contributed by atoms with Crippen LogP contribution in [0.3, 0.4) is 0 Å². The summed E-state index contributed by atoms with van der Waals surface area (Å²) in [5.74, 6) is 1.52. The number of piperidine rings is 1. The first-order valence-corrected chi connectivity index (χ1v) is 15.0. The third kappa shape index (κ3) is 8.16. The molecule has 0 aromatic heterocycles. The second-order valence-corrected chi connectivity index (χ2v) is 11.1. The molecule has 8 nitrogen and oxygen atoms in total. The fraction of sp³-hybridized carbons (Fsp3) is 0.455. The molecule has 2 aliphatic rings. The smallest absolute Gasteiger partial charge is 0.142 e. The highest BCUT2D eigenvalue weighted by atomic mass is 35.5. The maximum atomic E-state index is 10.9. The number of fused-ring (bicyclic) bond motifs is 1. The average Bonchev–Trinajstić information content (AvgIpc) is 3.01. The average molecular weight is 597 g/mol. The molecule has 0 radical (unpaired) electrons. The number of β-amino-alcohol motifs (C(OH)–C–C–N with tert-alkyl or cyclic N) is 1. The number of halogens is 1. The van der Waals surface area contributed by atoms with Gasteiger partial charge in [0.2, 0.25) is 0 Å². The van der Waals surface area contributed by atoms with E-state index in [0.29, 0.717) is 51.1 Å². The van der Waals surface area contributed by atoms with Gasteiger partial charge in [-0.3, -0.25) is 0 Å². The predicted octanol–water partition coefficient (Wildman–Crippen LogP) is 4.80. The van der Waals surface area contributed by atoms with Crippen molar-refractivity contribution < 1.29 is 28.8 Å². The summed E-state index contributed by atoms with van der Waals surface area (Å²) < 4.78 is 29.1. The largest absolute Gasteiger partial charge is 0.491 e. The summed E-state index contributed by atoms with van der Waals surface area (Å²) in [6.45, 7) is 6.17. The number of anilines is 1.